The summed E-state index contributed by atoms with van der Waals surface area (Å²) >= 11 is 0. The molecule has 3 aromatic heterocycles. The van der Waals surface area contributed by atoms with E-state index >= 15 is 0 Å². The third-order valence-corrected chi connectivity index (χ3v) is 1.92. The van der Waals surface area contributed by atoms with Crippen molar-refractivity contribution in [3.63, 3.8) is 0 Å². The summed E-state index contributed by atoms with van der Waals surface area (Å²) in [7, 11) is 0. The van der Waals surface area contributed by atoms with Crippen molar-refractivity contribution in [1.82, 2.24) is 30.1 Å². The van der Waals surface area contributed by atoms with Crippen molar-refractivity contribution in [3.05, 3.63) is 31.1 Å². The Labute approximate surface area is 102 Å². The number of halogens is 1. The first-order chi connectivity index (χ1) is 7.93. The molecule has 86 valence electrons. The predicted molar refractivity (Wildman–Crippen MR) is 60.2 cm³/mol. The molecule has 8 heteroatoms. The van der Waals surface area contributed by atoms with Crippen LogP contribution in [0.3, 0.4) is 0 Å². The molecule has 0 atom stereocenters. The van der Waals surface area contributed by atoms with Gasteiger partial charge in [0.05, 0.1) is 0 Å². The van der Waals surface area contributed by atoms with Crippen molar-refractivity contribution < 1.29 is 4.42 Å². The van der Waals surface area contributed by atoms with E-state index in [1.807, 2.05) is 0 Å². The van der Waals surface area contributed by atoms with E-state index < -0.39 is 0 Å². The van der Waals surface area contributed by atoms with Gasteiger partial charge in [-0.3, -0.25) is 5.10 Å². The molecule has 0 fully saturated rings. The van der Waals surface area contributed by atoms with E-state index in [-0.39, 0.29) is 12.4 Å². The third-order valence-electron chi connectivity index (χ3n) is 1.92. The second kappa shape index (κ2) is 4.71. The first-order valence-electron chi connectivity index (χ1n) is 4.52. The van der Waals surface area contributed by atoms with Gasteiger partial charge in [0.1, 0.15) is 12.0 Å². The zero-order chi connectivity index (χ0) is 10.8. The molecule has 0 unspecified atom stereocenters. The number of aromatic amines is 1. The topological polar surface area (TPSA) is 93.4 Å². The monoisotopic (exact) mass is 250 g/mol. The molecule has 0 aliphatic rings. The molecule has 1 N–H and O–H groups in total. The average molecular weight is 251 g/mol. The number of nitrogens with one attached hydrogen (secondary N) is 1. The molecule has 17 heavy (non-hydrogen) atoms. The summed E-state index contributed by atoms with van der Waals surface area (Å²) in [6.07, 6.45) is 6.07. The van der Waals surface area contributed by atoms with Crippen LogP contribution in [-0.4, -0.2) is 30.1 Å². The van der Waals surface area contributed by atoms with Crippen LogP contribution in [-0.2, 0) is 0 Å². The lowest BCUT2D eigenvalue weighted by Gasteiger charge is -1.90. The number of H-pyrrole nitrogens is 1. The second-order valence-electron chi connectivity index (χ2n) is 2.95. The maximum Gasteiger partial charge on any atom is 0.203 e. The van der Waals surface area contributed by atoms with Gasteiger partial charge in [-0.05, 0) is 6.07 Å². The minimum atomic E-state index is 0. The number of hydrogen-bond acceptors (Lipinski definition) is 6. The minimum absolute atomic E-state index is 0. The number of nitrogens with zero attached hydrogens (tertiary/aromatic N) is 5. The van der Waals surface area contributed by atoms with Crippen molar-refractivity contribution in [3.8, 4) is 23.2 Å². The second-order valence-corrected chi connectivity index (χ2v) is 2.95. The van der Waals surface area contributed by atoms with Crippen molar-refractivity contribution in [2.45, 2.75) is 0 Å². The highest BCUT2D eigenvalue weighted by Gasteiger charge is 2.10. The predicted octanol–water partition coefficient (Wildman–Crippen LogP) is 1.34. The fraction of sp³-hybridized carbons (Fsp3) is 0. The Morgan fingerprint density at radius 3 is 2.59 bits per heavy atom. The molecule has 7 nitrogen and oxygen atoms in total. The van der Waals surface area contributed by atoms with Crippen molar-refractivity contribution in [2.75, 3.05) is 0 Å². The van der Waals surface area contributed by atoms with Crippen LogP contribution in [0.4, 0.5) is 0 Å². The normalized spacial score (nSPS) is 9.88. The van der Waals surface area contributed by atoms with Crippen LogP contribution in [0.5, 0.6) is 0 Å². The number of hydrogen-bond donors (Lipinski definition) is 1. The summed E-state index contributed by atoms with van der Waals surface area (Å²) in [5.74, 6) is 1.44. The molecule has 0 bridgehead atoms. The largest absolute Gasteiger partial charge is 0.451 e. The quantitative estimate of drug-likeness (QED) is 0.738. The Bertz CT molecular complexity index is 579. The SMILES string of the molecule is Cl.c1cnc(-c2nc(-c3cocn3)n[nH]2)nc1. The highest BCUT2D eigenvalue weighted by Crippen LogP contribution is 2.14. The smallest absolute Gasteiger partial charge is 0.203 e. The van der Waals surface area contributed by atoms with Crippen molar-refractivity contribution in [1.29, 1.82) is 0 Å². The molecule has 0 saturated carbocycles. The number of oxazole rings is 1. The maximum absolute atomic E-state index is 4.85. The van der Waals surface area contributed by atoms with Gasteiger partial charge in [-0.15, -0.1) is 12.4 Å². The lowest BCUT2D eigenvalue weighted by Crippen LogP contribution is -1.88. The Hall–Kier alpha value is -2.28. The van der Waals surface area contributed by atoms with Crippen LogP contribution in [0.2, 0.25) is 0 Å². The summed E-state index contributed by atoms with van der Waals surface area (Å²) in [4.78, 5) is 16.3. The summed E-state index contributed by atoms with van der Waals surface area (Å²) in [5.41, 5.74) is 0.568. The number of aromatic nitrogens is 6. The van der Waals surface area contributed by atoms with E-state index in [0.29, 0.717) is 23.2 Å². The van der Waals surface area contributed by atoms with Gasteiger partial charge in [0.15, 0.2) is 18.0 Å². The molecule has 0 aliphatic heterocycles. The molecule has 3 heterocycles. The lowest BCUT2D eigenvalue weighted by molar-refractivity contribution is 0.558. The van der Waals surface area contributed by atoms with Crippen molar-refractivity contribution >= 4 is 12.4 Å². The van der Waals surface area contributed by atoms with Crippen molar-refractivity contribution in [2.24, 2.45) is 0 Å². The van der Waals surface area contributed by atoms with E-state index in [9.17, 15) is 0 Å². The zero-order valence-corrected chi connectivity index (χ0v) is 9.26. The molecule has 3 aromatic rings. The third kappa shape index (κ3) is 2.13. The van der Waals surface area contributed by atoms with Crippen LogP contribution >= 0.6 is 12.4 Å². The van der Waals surface area contributed by atoms with Gasteiger partial charge in [0.2, 0.25) is 5.82 Å². The molecule has 0 radical (unpaired) electrons. The van der Waals surface area contributed by atoms with Gasteiger partial charge in [0, 0.05) is 12.4 Å². The molecule has 0 aromatic carbocycles. The van der Waals surface area contributed by atoms with Gasteiger partial charge in [0.25, 0.3) is 0 Å². The van der Waals surface area contributed by atoms with Gasteiger partial charge in [-0.25, -0.2) is 19.9 Å². The molecule has 0 spiro atoms. The van der Waals surface area contributed by atoms with E-state index in [4.69, 9.17) is 4.42 Å². The van der Waals surface area contributed by atoms with E-state index in [0.717, 1.165) is 0 Å². The highest BCUT2D eigenvalue weighted by molar-refractivity contribution is 5.85. The Morgan fingerprint density at radius 2 is 1.88 bits per heavy atom. The highest BCUT2D eigenvalue weighted by atomic mass is 35.5. The fourth-order valence-electron chi connectivity index (χ4n) is 1.22. The molecular formula is C9H7ClN6O. The van der Waals surface area contributed by atoms with Gasteiger partial charge < -0.3 is 4.42 Å². The summed E-state index contributed by atoms with van der Waals surface area (Å²) in [6, 6.07) is 1.73. The van der Waals surface area contributed by atoms with Crippen LogP contribution in [0.25, 0.3) is 23.2 Å². The van der Waals surface area contributed by atoms with Crippen LogP contribution in [0.1, 0.15) is 0 Å². The molecule has 3 rings (SSSR count). The first kappa shape index (κ1) is 11.2. The van der Waals surface area contributed by atoms with Gasteiger partial charge >= 0.3 is 0 Å². The van der Waals surface area contributed by atoms with Crippen LogP contribution in [0, 0.1) is 0 Å². The standard InChI is InChI=1S/C9H6N6O.ClH/c1-2-10-8(11-3-1)9-13-7(14-15-9)6-4-16-5-12-6;/h1-5H,(H,13,14,15);1H. The number of rotatable bonds is 2. The molecule has 0 amide bonds. The molecular weight excluding hydrogens is 244 g/mol. The molecule has 0 saturated heterocycles. The van der Waals surface area contributed by atoms with Crippen LogP contribution < -0.4 is 0 Å². The van der Waals surface area contributed by atoms with Gasteiger partial charge in [-0.1, -0.05) is 0 Å². The zero-order valence-electron chi connectivity index (χ0n) is 8.44. The summed E-state index contributed by atoms with van der Waals surface area (Å²) in [6.45, 7) is 0. The van der Waals surface area contributed by atoms with E-state index in [2.05, 4.69) is 30.1 Å². The fourth-order valence-corrected chi connectivity index (χ4v) is 1.22. The molecule has 0 aliphatic carbocycles. The Kier molecular flexibility index (Phi) is 3.10. The summed E-state index contributed by atoms with van der Waals surface area (Å²) in [5, 5.41) is 6.74. The maximum atomic E-state index is 4.85. The van der Waals surface area contributed by atoms with Gasteiger partial charge in [-0.2, -0.15) is 5.10 Å². The Balaban J connectivity index is 0.00000108. The summed E-state index contributed by atoms with van der Waals surface area (Å²) < 4.78 is 4.85. The average Bonchev–Trinajstić information content (AvgIpc) is 3.01. The lowest BCUT2D eigenvalue weighted by atomic mass is 10.4. The Morgan fingerprint density at radius 1 is 1.06 bits per heavy atom. The minimum Gasteiger partial charge on any atom is -0.451 e. The van der Waals surface area contributed by atoms with Crippen LogP contribution in [0.15, 0.2) is 35.5 Å². The first-order valence-corrected chi connectivity index (χ1v) is 4.52. The van der Waals surface area contributed by atoms with E-state index in [1.165, 1.54) is 12.7 Å². The van der Waals surface area contributed by atoms with E-state index in [1.54, 1.807) is 18.5 Å².